The van der Waals surface area contributed by atoms with Gasteiger partial charge in [0.1, 0.15) is 11.6 Å². The molecule has 0 saturated carbocycles. The maximum Gasteiger partial charge on any atom is 0.211 e. The van der Waals surface area contributed by atoms with Crippen molar-refractivity contribution in [3.8, 4) is 11.1 Å². The van der Waals surface area contributed by atoms with Gasteiger partial charge in [0.15, 0.2) is 5.82 Å². The van der Waals surface area contributed by atoms with Crippen molar-refractivity contribution in [1.82, 2.24) is 14.9 Å². The second-order valence-electron chi connectivity index (χ2n) is 7.82. The van der Waals surface area contributed by atoms with Crippen molar-refractivity contribution >= 4 is 15.8 Å². The summed E-state index contributed by atoms with van der Waals surface area (Å²) in [7, 11) is -3.39. The van der Waals surface area contributed by atoms with Crippen molar-refractivity contribution in [2.75, 3.05) is 17.2 Å². The van der Waals surface area contributed by atoms with Crippen LogP contribution in [0.5, 0.6) is 0 Å². The molecule has 1 N–H and O–H groups in total. The average molecular weight is 459 g/mol. The topological polar surface area (TPSA) is 75.2 Å². The summed E-state index contributed by atoms with van der Waals surface area (Å²) in [6, 6.07) is 14.0. The Morgan fingerprint density at radius 2 is 1.84 bits per heavy atom. The molecule has 4 rings (SSSR count). The van der Waals surface area contributed by atoms with E-state index >= 15 is 0 Å². The summed E-state index contributed by atoms with van der Waals surface area (Å²) in [6.07, 6.45) is 2.75. The second-order valence-corrected chi connectivity index (χ2v) is 9.86. The third-order valence-corrected chi connectivity index (χ3v) is 7.10. The third-order valence-electron chi connectivity index (χ3n) is 5.68. The Balaban J connectivity index is 1.65. The van der Waals surface area contributed by atoms with Crippen molar-refractivity contribution in [1.29, 1.82) is 0 Å². The SMILES string of the molecule is CCS(=O)(=O)N[C@H]1CCN(c2cccnn2)[C@H]1Cc1cccc(-c2cc(F)cc(F)c2)c1. The molecule has 0 unspecified atom stereocenters. The van der Waals surface area contributed by atoms with Crippen LogP contribution in [0, 0.1) is 11.6 Å². The van der Waals surface area contributed by atoms with E-state index in [0.717, 1.165) is 11.6 Å². The van der Waals surface area contributed by atoms with E-state index in [1.54, 1.807) is 25.3 Å². The molecule has 2 aromatic carbocycles. The largest absolute Gasteiger partial charge is 0.350 e. The molecule has 9 heteroatoms. The molecule has 6 nitrogen and oxygen atoms in total. The number of hydrogen-bond donors (Lipinski definition) is 1. The molecule has 2 heterocycles. The lowest BCUT2D eigenvalue weighted by molar-refractivity contribution is 0.511. The quantitative estimate of drug-likeness (QED) is 0.586. The molecule has 1 aliphatic rings. The first-order valence-electron chi connectivity index (χ1n) is 10.4. The van der Waals surface area contributed by atoms with Crippen LogP contribution in [0.2, 0.25) is 0 Å². The Kier molecular flexibility index (Phi) is 6.48. The number of benzene rings is 2. The highest BCUT2D eigenvalue weighted by Crippen LogP contribution is 2.29. The number of anilines is 1. The molecule has 168 valence electrons. The Bertz CT molecular complexity index is 1170. The maximum absolute atomic E-state index is 13.7. The third kappa shape index (κ3) is 5.11. The summed E-state index contributed by atoms with van der Waals surface area (Å²) in [5, 5.41) is 8.16. The zero-order valence-electron chi connectivity index (χ0n) is 17.6. The van der Waals surface area contributed by atoms with Gasteiger partial charge in [-0.15, -0.1) is 5.10 Å². The summed E-state index contributed by atoms with van der Waals surface area (Å²) in [5.74, 6) is -0.589. The number of halogens is 2. The predicted molar refractivity (Wildman–Crippen MR) is 120 cm³/mol. The van der Waals surface area contributed by atoms with E-state index in [4.69, 9.17) is 0 Å². The minimum Gasteiger partial charge on any atom is -0.350 e. The number of hydrogen-bond acceptors (Lipinski definition) is 5. The number of sulfonamides is 1. The van der Waals surface area contributed by atoms with E-state index in [9.17, 15) is 17.2 Å². The Morgan fingerprint density at radius 3 is 2.53 bits per heavy atom. The summed E-state index contributed by atoms with van der Waals surface area (Å²) >= 11 is 0. The van der Waals surface area contributed by atoms with Crippen molar-refractivity contribution in [3.05, 3.63) is 78.0 Å². The van der Waals surface area contributed by atoms with Gasteiger partial charge in [-0.2, -0.15) is 5.10 Å². The standard InChI is InChI=1S/C23H24F2N4O2S/c1-2-32(30,31)28-21-8-10-29(23-7-4-9-26-27-23)22(21)12-16-5-3-6-17(11-16)18-13-19(24)15-20(25)14-18/h3-7,9,11,13-15,21-22,28H,2,8,10,12H2,1H3/t21-,22-/m0/s1. The smallest absolute Gasteiger partial charge is 0.211 e. The molecule has 0 spiro atoms. The van der Waals surface area contributed by atoms with Gasteiger partial charge in [-0.3, -0.25) is 0 Å². The fraction of sp³-hybridized carbons (Fsp3) is 0.304. The van der Waals surface area contributed by atoms with Gasteiger partial charge in [0.05, 0.1) is 11.8 Å². The summed E-state index contributed by atoms with van der Waals surface area (Å²) in [4.78, 5) is 2.06. The van der Waals surface area contributed by atoms with Gasteiger partial charge in [0.25, 0.3) is 0 Å². The monoisotopic (exact) mass is 458 g/mol. The van der Waals surface area contributed by atoms with E-state index in [-0.39, 0.29) is 17.8 Å². The van der Waals surface area contributed by atoms with Crippen LogP contribution >= 0.6 is 0 Å². The van der Waals surface area contributed by atoms with Crippen LogP contribution in [0.15, 0.2) is 60.8 Å². The van der Waals surface area contributed by atoms with Crippen LogP contribution in [0.3, 0.4) is 0 Å². The van der Waals surface area contributed by atoms with Crippen molar-refractivity contribution in [3.63, 3.8) is 0 Å². The molecule has 1 saturated heterocycles. The van der Waals surface area contributed by atoms with Gasteiger partial charge < -0.3 is 4.90 Å². The van der Waals surface area contributed by atoms with E-state index in [1.165, 1.54) is 12.1 Å². The lowest BCUT2D eigenvalue weighted by Crippen LogP contribution is -2.46. The second kappa shape index (κ2) is 9.30. The van der Waals surface area contributed by atoms with Gasteiger partial charge >= 0.3 is 0 Å². The highest BCUT2D eigenvalue weighted by Gasteiger charge is 2.37. The number of rotatable bonds is 7. The molecule has 1 aromatic heterocycles. The van der Waals surface area contributed by atoms with E-state index in [1.807, 2.05) is 24.3 Å². The fourth-order valence-electron chi connectivity index (χ4n) is 4.13. The van der Waals surface area contributed by atoms with E-state index in [0.29, 0.717) is 36.3 Å². The minimum atomic E-state index is -3.39. The van der Waals surface area contributed by atoms with E-state index < -0.39 is 21.7 Å². The van der Waals surface area contributed by atoms with Crippen LogP contribution in [-0.2, 0) is 16.4 Å². The molecule has 1 aliphatic heterocycles. The fourth-order valence-corrected chi connectivity index (χ4v) is 5.03. The Morgan fingerprint density at radius 1 is 1.06 bits per heavy atom. The van der Waals surface area contributed by atoms with Crippen molar-refractivity contribution in [2.45, 2.75) is 31.8 Å². The first-order valence-corrected chi connectivity index (χ1v) is 12.1. The van der Waals surface area contributed by atoms with Crippen LogP contribution < -0.4 is 9.62 Å². The molecular weight excluding hydrogens is 434 g/mol. The summed E-state index contributed by atoms with van der Waals surface area (Å²) in [5.41, 5.74) is 2.06. The molecule has 32 heavy (non-hydrogen) atoms. The van der Waals surface area contributed by atoms with Crippen molar-refractivity contribution < 1.29 is 17.2 Å². The summed E-state index contributed by atoms with van der Waals surface area (Å²) < 4.78 is 54.8. The normalized spacial score (nSPS) is 18.8. The highest BCUT2D eigenvalue weighted by atomic mass is 32.2. The van der Waals surface area contributed by atoms with Gasteiger partial charge in [-0.05, 0) is 60.7 Å². The summed E-state index contributed by atoms with van der Waals surface area (Å²) in [6.45, 7) is 2.24. The van der Waals surface area contributed by atoms with Crippen LogP contribution in [0.25, 0.3) is 11.1 Å². The van der Waals surface area contributed by atoms with Crippen LogP contribution in [-0.4, -0.2) is 43.0 Å². The lowest BCUT2D eigenvalue weighted by Gasteiger charge is -2.29. The van der Waals surface area contributed by atoms with Gasteiger partial charge in [0, 0.05) is 24.8 Å². The van der Waals surface area contributed by atoms with Gasteiger partial charge in [0.2, 0.25) is 10.0 Å². The molecule has 3 aromatic rings. The lowest BCUT2D eigenvalue weighted by atomic mass is 9.97. The molecule has 0 bridgehead atoms. The average Bonchev–Trinajstić information content (AvgIpc) is 3.15. The molecule has 0 amide bonds. The first-order chi connectivity index (χ1) is 15.3. The molecule has 0 radical (unpaired) electrons. The zero-order chi connectivity index (χ0) is 22.7. The van der Waals surface area contributed by atoms with Gasteiger partial charge in [-0.25, -0.2) is 21.9 Å². The molecule has 0 aliphatic carbocycles. The zero-order valence-corrected chi connectivity index (χ0v) is 18.4. The predicted octanol–water partition coefficient (Wildman–Crippen LogP) is 3.55. The number of aromatic nitrogens is 2. The maximum atomic E-state index is 13.7. The number of nitrogens with one attached hydrogen (secondary N) is 1. The number of nitrogens with zero attached hydrogens (tertiary/aromatic N) is 3. The molecular formula is C23H24F2N4O2S. The minimum absolute atomic E-state index is 0.00197. The highest BCUT2D eigenvalue weighted by molar-refractivity contribution is 7.89. The molecule has 2 atom stereocenters. The molecule has 1 fully saturated rings. The Hall–Kier alpha value is -2.91. The van der Waals surface area contributed by atoms with Gasteiger partial charge in [-0.1, -0.05) is 24.3 Å². The van der Waals surface area contributed by atoms with Crippen LogP contribution in [0.1, 0.15) is 18.9 Å². The van der Waals surface area contributed by atoms with E-state index in [2.05, 4.69) is 19.8 Å². The van der Waals surface area contributed by atoms with Crippen molar-refractivity contribution in [2.24, 2.45) is 0 Å². The first kappa shape index (κ1) is 22.3. The van der Waals surface area contributed by atoms with Crippen LogP contribution in [0.4, 0.5) is 14.6 Å². The Labute approximate surface area is 186 Å².